The van der Waals surface area contributed by atoms with Crippen molar-refractivity contribution in [3.05, 3.63) is 82.9 Å². The van der Waals surface area contributed by atoms with Gasteiger partial charge in [0, 0.05) is 45.1 Å². The van der Waals surface area contributed by atoms with Crippen molar-refractivity contribution in [1.82, 2.24) is 19.5 Å². The molecule has 14 heteroatoms. The lowest BCUT2D eigenvalue weighted by Gasteiger charge is -2.24. The van der Waals surface area contributed by atoms with Crippen molar-refractivity contribution in [2.45, 2.75) is 110 Å². The minimum Gasteiger partial charge on any atom is -0.463 e. The quantitative estimate of drug-likeness (QED) is 0.0480. The van der Waals surface area contributed by atoms with Crippen LogP contribution < -0.4 is 5.73 Å². The Morgan fingerprint density at radius 2 is 1.36 bits per heavy atom. The molecule has 1 fully saturated rings. The topological polar surface area (TPSA) is 176 Å². The number of carbonyl (C=O) groups is 3. The predicted octanol–water partition coefficient (Wildman–Crippen LogP) is 5.97. The summed E-state index contributed by atoms with van der Waals surface area (Å²) < 4.78 is 36.0. The van der Waals surface area contributed by atoms with E-state index in [1.54, 1.807) is 0 Å². The minimum absolute atomic E-state index is 0.0957. The van der Waals surface area contributed by atoms with Gasteiger partial charge in [0.1, 0.15) is 19.0 Å². The average Bonchev–Trinajstić information content (AvgIpc) is 3.73. The maximum atomic E-state index is 12.3. The third-order valence-corrected chi connectivity index (χ3v) is 9.30. The zero-order valence-corrected chi connectivity index (χ0v) is 33.3. The lowest BCUT2D eigenvalue weighted by atomic mass is 10.1. The number of rotatable bonds is 20. The minimum atomic E-state index is -1.18. The average molecular weight is 794 g/mol. The largest absolute Gasteiger partial charge is 0.463 e. The van der Waals surface area contributed by atoms with Gasteiger partial charge in [-0.25, -0.2) is 15.0 Å². The maximum Gasteiger partial charge on any atom is 0.303 e. The van der Waals surface area contributed by atoms with Gasteiger partial charge in [-0.05, 0) is 54.2 Å². The van der Waals surface area contributed by atoms with Gasteiger partial charge in [-0.2, -0.15) is 0 Å². The molecule has 14 nitrogen and oxygen atoms in total. The summed E-state index contributed by atoms with van der Waals surface area (Å²) in [6.45, 7) is 5.87. The molecule has 5 rings (SSSR count). The molecule has 58 heavy (non-hydrogen) atoms. The second-order valence-corrected chi connectivity index (χ2v) is 14.0. The second kappa shape index (κ2) is 22.2. The Balaban J connectivity index is 1.12. The number of hydrogen-bond acceptors (Lipinski definition) is 13. The molecule has 4 atom stereocenters. The van der Waals surface area contributed by atoms with Gasteiger partial charge in [0.15, 0.2) is 41.2 Å². The maximum absolute atomic E-state index is 12.3. The Hall–Kier alpha value is -5.80. The monoisotopic (exact) mass is 793 g/mol. The Labute approximate surface area is 339 Å². The number of terminal acetylenes is 1. The highest BCUT2D eigenvalue weighted by atomic mass is 16.7. The fourth-order valence-corrected chi connectivity index (χ4v) is 6.62. The van der Waals surface area contributed by atoms with Gasteiger partial charge in [-0.3, -0.25) is 19.0 Å². The summed E-state index contributed by atoms with van der Waals surface area (Å²) in [4.78, 5) is 49.1. The third kappa shape index (κ3) is 12.9. The molecule has 2 aromatic heterocycles. The zero-order valence-electron chi connectivity index (χ0n) is 33.3. The van der Waals surface area contributed by atoms with E-state index in [0.29, 0.717) is 25.4 Å². The second-order valence-electron chi connectivity index (χ2n) is 14.0. The van der Waals surface area contributed by atoms with Crippen molar-refractivity contribution in [3.8, 4) is 24.2 Å². The van der Waals surface area contributed by atoms with Gasteiger partial charge < -0.3 is 34.2 Å². The van der Waals surface area contributed by atoms with Crippen LogP contribution in [0.25, 0.3) is 11.2 Å². The van der Waals surface area contributed by atoms with E-state index in [9.17, 15) is 14.4 Å². The van der Waals surface area contributed by atoms with Gasteiger partial charge in [-0.1, -0.05) is 74.6 Å². The number of ether oxygens (including phenoxy) is 6. The number of fused-ring (bicyclic) bond motifs is 1. The van der Waals surface area contributed by atoms with Crippen molar-refractivity contribution in [2.24, 2.45) is 0 Å². The highest BCUT2D eigenvalue weighted by molar-refractivity contribution is 5.82. The lowest BCUT2D eigenvalue weighted by Crippen LogP contribution is -2.40. The number of imidazole rings is 1. The van der Waals surface area contributed by atoms with Gasteiger partial charge in [0.2, 0.25) is 0 Å². The van der Waals surface area contributed by atoms with Crippen LogP contribution in [0.3, 0.4) is 0 Å². The van der Waals surface area contributed by atoms with E-state index in [-0.39, 0.29) is 29.4 Å². The summed E-state index contributed by atoms with van der Waals surface area (Å²) in [6, 6.07) is 15.6. The molecule has 306 valence electrons. The number of carbonyl (C=O) groups excluding carboxylic acids is 3. The van der Waals surface area contributed by atoms with E-state index in [1.165, 1.54) is 63.8 Å². The van der Waals surface area contributed by atoms with E-state index >= 15 is 0 Å². The molecule has 3 heterocycles. The summed E-state index contributed by atoms with van der Waals surface area (Å²) in [6.07, 6.45) is 11.5. The SMILES string of the molecule is C#Cc1cccc(COCCCCCCCCCCOCc2cccc(C#Cc3nc4c(N)ncnc4n3[C@@H]3O[C@H](COC(C)=O)[C@@H](OC(C)=O)[C@H]3OC(C)=O)c2)c1. The molecule has 4 aromatic rings. The molecular formula is C44H51N5O9. The van der Waals surface area contributed by atoms with E-state index in [4.69, 9.17) is 40.6 Å². The van der Waals surface area contributed by atoms with E-state index in [2.05, 4.69) is 32.7 Å². The summed E-state index contributed by atoms with van der Waals surface area (Å²) in [5, 5.41) is 0. The molecule has 2 aromatic carbocycles. The van der Waals surface area contributed by atoms with Gasteiger partial charge in [-0.15, -0.1) is 6.42 Å². The molecule has 0 saturated carbocycles. The number of nitrogens with zero attached hydrogens (tertiary/aromatic N) is 4. The van der Waals surface area contributed by atoms with Crippen molar-refractivity contribution >= 4 is 34.9 Å². The summed E-state index contributed by atoms with van der Waals surface area (Å²) >= 11 is 0. The number of aromatic nitrogens is 4. The van der Waals surface area contributed by atoms with Crippen LogP contribution >= 0.6 is 0 Å². The molecule has 1 aliphatic rings. The Bertz CT molecular complexity index is 2120. The smallest absolute Gasteiger partial charge is 0.303 e. The number of nitrogen functional groups attached to an aromatic ring is 1. The number of nitrogens with two attached hydrogens (primary N) is 1. The van der Waals surface area contributed by atoms with Crippen molar-refractivity contribution in [3.63, 3.8) is 0 Å². The first-order valence-corrected chi connectivity index (χ1v) is 19.6. The number of hydrogen-bond donors (Lipinski definition) is 1. The first-order chi connectivity index (χ1) is 28.1. The van der Waals surface area contributed by atoms with Crippen LogP contribution in [-0.4, -0.2) is 75.6 Å². The summed E-state index contributed by atoms with van der Waals surface area (Å²) in [5.74, 6) is 7.29. The molecule has 1 aliphatic heterocycles. The number of benzene rings is 2. The molecular weight excluding hydrogens is 743 g/mol. The zero-order chi connectivity index (χ0) is 41.3. The van der Waals surface area contributed by atoms with Gasteiger partial charge >= 0.3 is 17.9 Å². The molecule has 0 spiro atoms. The number of anilines is 1. The van der Waals surface area contributed by atoms with Crippen LogP contribution in [0.1, 0.15) is 106 Å². The fraction of sp³-hybridized carbons (Fsp3) is 0.455. The molecule has 2 N–H and O–H groups in total. The van der Waals surface area contributed by atoms with Crippen LogP contribution in [0.2, 0.25) is 0 Å². The van der Waals surface area contributed by atoms with Crippen LogP contribution in [0, 0.1) is 24.2 Å². The third-order valence-electron chi connectivity index (χ3n) is 9.30. The first kappa shape index (κ1) is 43.3. The van der Waals surface area contributed by atoms with Gasteiger partial charge in [0.25, 0.3) is 0 Å². The molecule has 0 unspecified atom stereocenters. The van der Waals surface area contributed by atoms with Gasteiger partial charge in [0.05, 0.1) is 13.2 Å². The van der Waals surface area contributed by atoms with E-state index < -0.39 is 42.4 Å². The highest BCUT2D eigenvalue weighted by Gasteiger charge is 2.51. The highest BCUT2D eigenvalue weighted by Crippen LogP contribution is 2.37. The Morgan fingerprint density at radius 1 is 0.776 bits per heavy atom. The van der Waals surface area contributed by atoms with Crippen molar-refractivity contribution < 1.29 is 42.8 Å². The molecule has 0 aliphatic carbocycles. The predicted molar refractivity (Wildman–Crippen MR) is 214 cm³/mol. The Morgan fingerprint density at radius 3 is 1.97 bits per heavy atom. The molecule has 0 bridgehead atoms. The van der Waals surface area contributed by atoms with Crippen LogP contribution in [0.4, 0.5) is 5.82 Å². The van der Waals surface area contributed by atoms with Crippen LogP contribution in [0.5, 0.6) is 0 Å². The normalized spacial score (nSPS) is 17.3. The van der Waals surface area contributed by atoms with Crippen LogP contribution in [-0.2, 0) is 56.0 Å². The first-order valence-electron chi connectivity index (χ1n) is 19.6. The number of unbranched alkanes of at least 4 members (excludes halogenated alkanes) is 7. The lowest BCUT2D eigenvalue weighted by molar-refractivity contribution is -0.166. The summed E-state index contributed by atoms with van der Waals surface area (Å²) in [7, 11) is 0. The van der Waals surface area contributed by atoms with Crippen molar-refractivity contribution in [2.75, 3.05) is 25.6 Å². The fourth-order valence-electron chi connectivity index (χ4n) is 6.62. The number of esters is 3. The van der Waals surface area contributed by atoms with E-state index in [0.717, 1.165) is 42.6 Å². The standard InChI is InChI=1S/C44H51N5O9/c1-5-33-16-14-18-35(24-33)26-53-22-12-10-8-6-7-9-11-13-23-54-27-36-19-15-17-34(25-36)20-21-38-48-39-42(45)46-29-47-43(39)49(38)44-41(57-32(4)52)40(56-31(3)51)37(58-44)28-55-30(2)50/h1,14-19,24-25,29,37,40-41,44H,6-13,22-23,26-28H2,2-4H3,(H2,45,46,47)/t37-,40-,41-,44-/m1/s1. The van der Waals surface area contributed by atoms with Crippen LogP contribution in [0.15, 0.2) is 54.9 Å². The molecule has 0 radical (unpaired) electrons. The van der Waals surface area contributed by atoms with E-state index in [1.807, 2.05) is 48.5 Å². The molecule has 0 amide bonds. The molecule has 1 saturated heterocycles. The van der Waals surface area contributed by atoms with Crippen molar-refractivity contribution in [1.29, 1.82) is 0 Å². The Kier molecular flexibility index (Phi) is 16.6. The summed E-state index contributed by atoms with van der Waals surface area (Å²) in [5.41, 5.74) is 10.3.